The van der Waals surface area contributed by atoms with Crippen LogP contribution in [0.5, 0.6) is 0 Å². The molecule has 0 saturated heterocycles. The molecule has 21 heavy (non-hydrogen) atoms. The van der Waals surface area contributed by atoms with Gasteiger partial charge in [-0.05, 0) is 0 Å². The van der Waals surface area contributed by atoms with Crippen LogP contribution in [-0.2, 0) is 0 Å². The summed E-state index contributed by atoms with van der Waals surface area (Å²) >= 11 is -1.16. The maximum absolute atomic E-state index is 2.44. The van der Waals surface area contributed by atoms with E-state index in [2.05, 4.69) is 69.2 Å². The van der Waals surface area contributed by atoms with Gasteiger partial charge in [0.25, 0.3) is 0 Å². The summed E-state index contributed by atoms with van der Waals surface area (Å²) in [6.45, 7) is 23.8. The third-order valence-corrected chi connectivity index (χ3v) is 16.6. The second-order valence-electron chi connectivity index (χ2n) is 7.88. The Morgan fingerprint density at radius 1 is 0.524 bits per heavy atom. The molecule has 2 aliphatic carbocycles. The van der Waals surface area contributed by atoms with Crippen molar-refractivity contribution in [2.45, 2.75) is 69.2 Å². The molecule has 2 rings (SSSR count). The summed E-state index contributed by atoms with van der Waals surface area (Å²) in [5, 5.41) is 0. The van der Waals surface area contributed by atoms with E-state index in [0.717, 1.165) is 0 Å². The molecule has 0 amide bonds. The Morgan fingerprint density at radius 3 is 1.00 bits per heavy atom. The minimum atomic E-state index is -1.16. The van der Waals surface area contributed by atoms with Crippen LogP contribution < -0.4 is 0 Å². The van der Waals surface area contributed by atoms with Gasteiger partial charge in [0, 0.05) is 0 Å². The Labute approximate surface area is 151 Å². The first-order valence-corrected chi connectivity index (χ1v) is 12.1. The summed E-state index contributed by atoms with van der Waals surface area (Å²) in [7, 11) is 0. The van der Waals surface area contributed by atoms with E-state index in [9.17, 15) is 0 Å². The fourth-order valence-corrected chi connectivity index (χ4v) is 12.0. The maximum atomic E-state index is 2.44. The number of hydrogen-bond acceptors (Lipinski definition) is 0. The van der Waals surface area contributed by atoms with Crippen molar-refractivity contribution in [3.05, 3.63) is 36.1 Å². The molecule has 0 aromatic heterocycles. The van der Waals surface area contributed by atoms with E-state index in [-0.39, 0.29) is 0 Å². The summed E-state index contributed by atoms with van der Waals surface area (Å²) in [4.78, 5) is 0. The third-order valence-electron chi connectivity index (χ3n) is 6.38. The molecular formula is C20H30Th. The zero-order chi connectivity index (χ0) is 16.3. The van der Waals surface area contributed by atoms with Gasteiger partial charge in [-0.25, -0.2) is 0 Å². The van der Waals surface area contributed by atoms with Crippen molar-refractivity contribution in [1.29, 1.82) is 0 Å². The summed E-state index contributed by atoms with van der Waals surface area (Å²) < 4.78 is 3.67. The SMILES string of the molecule is CC1=C(C)C(C)(C)[C]([Th][C]2=C(C)C(C)=C(C)C2(C)C)=C1C. The average Bonchev–Trinajstić information content (AvgIpc) is 2.63. The molecule has 0 atom stereocenters. The summed E-state index contributed by atoms with van der Waals surface area (Å²) in [5.74, 6) is 0. The van der Waals surface area contributed by atoms with Crippen LogP contribution in [0.15, 0.2) is 36.1 Å². The molecular weight excluding hydrogens is 472 g/mol. The molecule has 0 fully saturated rings. The van der Waals surface area contributed by atoms with E-state index >= 15 is 0 Å². The zero-order valence-electron chi connectivity index (χ0n) is 15.5. The Morgan fingerprint density at radius 2 is 0.810 bits per heavy atom. The van der Waals surface area contributed by atoms with Crippen LogP contribution in [0.4, 0.5) is 0 Å². The van der Waals surface area contributed by atoms with Gasteiger partial charge in [-0.15, -0.1) is 0 Å². The first-order valence-electron chi connectivity index (χ1n) is 8.00. The molecule has 0 bridgehead atoms. The molecule has 0 unspecified atom stereocenters. The molecule has 0 saturated carbocycles. The third kappa shape index (κ3) is 2.48. The molecule has 0 nitrogen and oxygen atoms in total. The average molecular weight is 502 g/mol. The zero-order valence-corrected chi connectivity index (χ0v) is 19.6. The standard InChI is InChI=1S/2C10H15.Th/c2*1-7-6-10(4,5)9(3)8(7)2;/h2*1-5H3;. The van der Waals surface area contributed by atoms with Crippen molar-refractivity contribution in [3.63, 3.8) is 0 Å². The molecule has 0 aromatic carbocycles. The van der Waals surface area contributed by atoms with Gasteiger partial charge in [0.15, 0.2) is 0 Å². The van der Waals surface area contributed by atoms with E-state index < -0.39 is 35.9 Å². The van der Waals surface area contributed by atoms with E-state index in [4.69, 9.17) is 0 Å². The van der Waals surface area contributed by atoms with Crippen LogP contribution in [0, 0.1) is 46.7 Å². The Hall–Kier alpha value is 0.285. The van der Waals surface area contributed by atoms with Crippen LogP contribution in [-0.4, -0.2) is 0 Å². The van der Waals surface area contributed by atoms with E-state index in [1.807, 2.05) is 2.71 Å². The predicted octanol–water partition coefficient (Wildman–Crippen LogP) is 6.37. The van der Waals surface area contributed by atoms with E-state index in [1.165, 1.54) is 0 Å². The molecule has 2 aliphatic rings. The van der Waals surface area contributed by atoms with E-state index in [1.54, 1.807) is 33.4 Å². The van der Waals surface area contributed by atoms with Gasteiger partial charge in [0.1, 0.15) is 0 Å². The van der Waals surface area contributed by atoms with Crippen LogP contribution in [0.3, 0.4) is 0 Å². The predicted molar refractivity (Wildman–Crippen MR) is 89.7 cm³/mol. The summed E-state index contributed by atoms with van der Waals surface area (Å²) in [5.41, 5.74) is 10.2. The van der Waals surface area contributed by atoms with Gasteiger partial charge >= 0.3 is 152 Å². The number of rotatable bonds is 2. The van der Waals surface area contributed by atoms with Gasteiger partial charge in [0.2, 0.25) is 0 Å². The Kier molecular flexibility index (Phi) is 4.56. The van der Waals surface area contributed by atoms with Crippen molar-refractivity contribution in [2.75, 3.05) is 0 Å². The van der Waals surface area contributed by atoms with Crippen molar-refractivity contribution < 1.29 is 35.9 Å². The van der Waals surface area contributed by atoms with Crippen molar-refractivity contribution >= 4 is 0 Å². The molecule has 0 spiro atoms. The normalized spacial score (nSPS) is 24.5. The van der Waals surface area contributed by atoms with Crippen molar-refractivity contribution in [1.82, 2.24) is 0 Å². The molecule has 0 radical (unpaired) electrons. The van der Waals surface area contributed by atoms with Crippen LogP contribution in [0.1, 0.15) is 69.2 Å². The first-order chi connectivity index (χ1) is 9.44. The fourth-order valence-electron chi connectivity index (χ4n) is 3.81. The molecule has 0 N–H and O–H groups in total. The van der Waals surface area contributed by atoms with Crippen LogP contribution in [0.25, 0.3) is 0 Å². The van der Waals surface area contributed by atoms with Crippen molar-refractivity contribution in [2.24, 2.45) is 10.8 Å². The fraction of sp³-hybridized carbons (Fsp3) is 0.600. The Bertz CT molecular complexity index is 575. The quantitative estimate of drug-likeness (QED) is 0.412. The van der Waals surface area contributed by atoms with Gasteiger partial charge in [-0.1, -0.05) is 0 Å². The van der Waals surface area contributed by atoms with Gasteiger partial charge in [-0.3, -0.25) is 0 Å². The second-order valence-corrected chi connectivity index (χ2v) is 13.0. The summed E-state index contributed by atoms with van der Waals surface area (Å²) in [6, 6.07) is 0. The molecule has 1 heteroatoms. The minimum absolute atomic E-state index is 0.303. The molecule has 0 heterocycles. The van der Waals surface area contributed by atoms with Gasteiger partial charge < -0.3 is 0 Å². The molecule has 0 aromatic rings. The van der Waals surface area contributed by atoms with Gasteiger partial charge in [-0.2, -0.15) is 0 Å². The van der Waals surface area contributed by atoms with E-state index in [0.29, 0.717) is 10.8 Å². The molecule has 0 aliphatic heterocycles. The Balaban J connectivity index is 2.47. The van der Waals surface area contributed by atoms with Gasteiger partial charge in [0.05, 0.1) is 0 Å². The topological polar surface area (TPSA) is 0 Å². The van der Waals surface area contributed by atoms with Crippen LogP contribution in [0.2, 0.25) is 0 Å². The summed E-state index contributed by atoms with van der Waals surface area (Å²) in [6.07, 6.45) is 0. The molecule has 114 valence electrons. The number of allylic oxidation sites excluding steroid dienone is 8. The van der Waals surface area contributed by atoms with Crippen LogP contribution >= 0.6 is 0 Å². The monoisotopic (exact) mass is 502 g/mol. The first kappa shape index (κ1) is 17.6. The number of hydrogen-bond donors (Lipinski definition) is 0. The van der Waals surface area contributed by atoms with Crippen molar-refractivity contribution in [3.8, 4) is 0 Å². The second kappa shape index (κ2) is 5.43.